The monoisotopic (exact) mass is 429 g/mol. The zero-order chi connectivity index (χ0) is 22.6. The van der Waals surface area contributed by atoms with Crippen molar-refractivity contribution < 1.29 is 19.1 Å². The highest BCUT2D eigenvalue weighted by Gasteiger charge is 2.41. The van der Waals surface area contributed by atoms with Gasteiger partial charge in [-0.05, 0) is 46.2 Å². The number of piperazine rings is 1. The van der Waals surface area contributed by atoms with Crippen molar-refractivity contribution in [2.45, 2.75) is 52.5 Å². The smallest absolute Gasteiger partial charge is 0.228 e. The highest BCUT2D eigenvalue weighted by atomic mass is 16.5. The Morgan fingerprint density at radius 3 is 2.23 bits per heavy atom. The lowest BCUT2D eigenvalue weighted by atomic mass is 10.1. The van der Waals surface area contributed by atoms with Crippen LogP contribution in [0.2, 0.25) is 0 Å². The summed E-state index contributed by atoms with van der Waals surface area (Å²) in [5.41, 5.74) is 0.923. The summed E-state index contributed by atoms with van der Waals surface area (Å²) < 4.78 is 5.69. The van der Waals surface area contributed by atoms with Gasteiger partial charge >= 0.3 is 0 Å². The van der Waals surface area contributed by atoms with Crippen molar-refractivity contribution in [3.63, 3.8) is 0 Å². The van der Waals surface area contributed by atoms with Crippen molar-refractivity contribution >= 4 is 17.7 Å². The molecule has 31 heavy (non-hydrogen) atoms. The van der Waals surface area contributed by atoms with Gasteiger partial charge in [0.2, 0.25) is 17.7 Å². The first-order valence-corrected chi connectivity index (χ1v) is 11.2. The van der Waals surface area contributed by atoms with Crippen LogP contribution in [0, 0.1) is 12.8 Å². The average molecular weight is 430 g/mol. The molecular formula is C24H35N3O4. The molecule has 0 radical (unpaired) electrons. The molecule has 1 atom stereocenters. The lowest BCUT2D eigenvalue weighted by Gasteiger charge is -2.36. The largest absolute Gasteiger partial charge is 0.494 e. The Morgan fingerprint density at radius 1 is 1.03 bits per heavy atom. The maximum atomic E-state index is 12.9. The number of amides is 3. The van der Waals surface area contributed by atoms with Gasteiger partial charge in [-0.25, -0.2) is 0 Å². The second kappa shape index (κ2) is 9.71. The molecule has 0 aliphatic carbocycles. The second-order valence-electron chi connectivity index (χ2n) is 9.55. The molecule has 170 valence electrons. The fourth-order valence-corrected chi connectivity index (χ4v) is 4.16. The number of hydrogen-bond donors (Lipinski definition) is 0. The summed E-state index contributed by atoms with van der Waals surface area (Å²) in [7, 11) is 0. The molecule has 3 rings (SSSR count). The first kappa shape index (κ1) is 23.1. The minimum Gasteiger partial charge on any atom is -0.494 e. The van der Waals surface area contributed by atoms with Gasteiger partial charge in [-0.2, -0.15) is 0 Å². The van der Waals surface area contributed by atoms with Gasteiger partial charge < -0.3 is 19.4 Å². The third kappa shape index (κ3) is 5.99. The Labute approximate surface area is 185 Å². The topological polar surface area (TPSA) is 70.2 Å². The quantitative estimate of drug-likeness (QED) is 0.652. The van der Waals surface area contributed by atoms with Gasteiger partial charge in [0, 0.05) is 51.1 Å². The van der Waals surface area contributed by atoms with Gasteiger partial charge in [0.05, 0.1) is 12.5 Å². The van der Waals surface area contributed by atoms with E-state index in [0.717, 1.165) is 5.75 Å². The number of carbonyl (C=O) groups excluding carboxylic acids is 3. The zero-order valence-corrected chi connectivity index (χ0v) is 19.2. The molecule has 7 nitrogen and oxygen atoms in total. The molecule has 0 saturated carbocycles. The normalized spacial score (nSPS) is 19.7. The number of benzene rings is 1. The number of rotatable bonds is 6. The van der Waals surface area contributed by atoms with E-state index in [0.29, 0.717) is 52.2 Å². The standard InChI is InChI=1S/C24H35N3O4/c1-18-7-9-20(10-8-18)31-15-5-6-21(28)25-11-13-26(14-12-25)23(30)19-16-22(29)27(17-19)24(2,3)4/h7-10,19H,5-6,11-17H2,1-4H3. The predicted molar refractivity (Wildman–Crippen MR) is 119 cm³/mol. The fourth-order valence-electron chi connectivity index (χ4n) is 4.16. The van der Waals surface area contributed by atoms with Gasteiger partial charge in [0.1, 0.15) is 5.75 Å². The molecule has 0 spiro atoms. The predicted octanol–water partition coefficient (Wildman–Crippen LogP) is 2.47. The maximum Gasteiger partial charge on any atom is 0.228 e. The van der Waals surface area contributed by atoms with Crippen LogP contribution in [0.4, 0.5) is 0 Å². The summed E-state index contributed by atoms with van der Waals surface area (Å²) in [5, 5.41) is 0. The molecule has 1 aromatic rings. The number of carbonyl (C=O) groups is 3. The summed E-state index contributed by atoms with van der Waals surface area (Å²) in [6.45, 7) is 11.2. The molecule has 0 bridgehead atoms. The van der Waals surface area contributed by atoms with E-state index in [1.807, 2.05) is 61.8 Å². The van der Waals surface area contributed by atoms with Crippen molar-refractivity contribution in [3.8, 4) is 5.75 Å². The summed E-state index contributed by atoms with van der Waals surface area (Å²) >= 11 is 0. The van der Waals surface area contributed by atoms with E-state index in [-0.39, 0.29) is 35.6 Å². The van der Waals surface area contributed by atoms with Crippen molar-refractivity contribution in [1.29, 1.82) is 0 Å². The van der Waals surface area contributed by atoms with Crippen molar-refractivity contribution in [2.75, 3.05) is 39.3 Å². The van der Waals surface area contributed by atoms with Crippen LogP contribution in [-0.2, 0) is 14.4 Å². The zero-order valence-electron chi connectivity index (χ0n) is 19.2. The molecule has 2 heterocycles. The number of nitrogens with zero attached hydrogens (tertiary/aromatic N) is 3. The van der Waals surface area contributed by atoms with Crippen LogP contribution >= 0.6 is 0 Å². The minimum atomic E-state index is -0.270. The van der Waals surface area contributed by atoms with Crippen molar-refractivity contribution in [3.05, 3.63) is 29.8 Å². The third-order valence-corrected chi connectivity index (χ3v) is 6.05. The van der Waals surface area contributed by atoms with E-state index in [1.54, 1.807) is 4.90 Å². The fraction of sp³-hybridized carbons (Fsp3) is 0.625. The van der Waals surface area contributed by atoms with E-state index in [2.05, 4.69) is 0 Å². The third-order valence-electron chi connectivity index (χ3n) is 6.05. The van der Waals surface area contributed by atoms with Gasteiger partial charge in [-0.3, -0.25) is 14.4 Å². The number of ether oxygens (including phenoxy) is 1. The Morgan fingerprint density at radius 2 is 1.65 bits per heavy atom. The highest BCUT2D eigenvalue weighted by Crippen LogP contribution is 2.27. The Bertz CT molecular complexity index is 792. The van der Waals surface area contributed by atoms with Crippen LogP contribution in [0.3, 0.4) is 0 Å². The average Bonchev–Trinajstić information content (AvgIpc) is 3.14. The summed E-state index contributed by atoms with van der Waals surface area (Å²) in [6, 6.07) is 7.88. The van der Waals surface area contributed by atoms with E-state index in [4.69, 9.17) is 4.74 Å². The van der Waals surface area contributed by atoms with Crippen LogP contribution < -0.4 is 4.74 Å². The molecule has 7 heteroatoms. The van der Waals surface area contributed by atoms with Gasteiger partial charge in [-0.1, -0.05) is 17.7 Å². The van der Waals surface area contributed by atoms with Gasteiger partial charge in [-0.15, -0.1) is 0 Å². The van der Waals surface area contributed by atoms with Crippen LogP contribution in [0.1, 0.15) is 45.6 Å². The molecule has 0 aromatic heterocycles. The first-order valence-electron chi connectivity index (χ1n) is 11.2. The Balaban J connectivity index is 1.38. The highest BCUT2D eigenvalue weighted by molar-refractivity contribution is 5.89. The summed E-state index contributed by atoms with van der Waals surface area (Å²) in [6.07, 6.45) is 1.40. The summed E-state index contributed by atoms with van der Waals surface area (Å²) in [5.74, 6) is 0.745. The van der Waals surface area contributed by atoms with Crippen LogP contribution in [0.25, 0.3) is 0 Å². The second-order valence-corrected chi connectivity index (χ2v) is 9.55. The van der Waals surface area contributed by atoms with Crippen molar-refractivity contribution in [2.24, 2.45) is 5.92 Å². The molecule has 1 aromatic carbocycles. The number of aryl methyl sites for hydroxylation is 1. The Hall–Kier alpha value is -2.57. The number of likely N-dealkylation sites (tertiary alicyclic amines) is 1. The minimum absolute atomic E-state index is 0.0405. The molecule has 2 saturated heterocycles. The van der Waals surface area contributed by atoms with Gasteiger partial charge in [0.25, 0.3) is 0 Å². The molecule has 1 unspecified atom stereocenters. The molecule has 0 N–H and O–H groups in total. The van der Waals surface area contributed by atoms with Crippen molar-refractivity contribution in [1.82, 2.24) is 14.7 Å². The number of hydrogen-bond acceptors (Lipinski definition) is 4. The lowest BCUT2D eigenvalue weighted by Crippen LogP contribution is -2.52. The van der Waals surface area contributed by atoms with E-state index >= 15 is 0 Å². The van der Waals surface area contributed by atoms with Crippen LogP contribution in [0.15, 0.2) is 24.3 Å². The van der Waals surface area contributed by atoms with E-state index in [9.17, 15) is 14.4 Å². The molecule has 2 aliphatic rings. The van der Waals surface area contributed by atoms with E-state index in [1.165, 1.54) is 5.56 Å². The SMILES string of the molecule is Cc1ccc(OCCCC(=O)N2CCN(C(=O)C3CC(=O)N(C(C)(C)C)C3)CC2)cc1. The molecule has 3 amide bonds. The van der Waals surface area contributed by atoms with E-state index < -0.39 is 0 Å². The lowest BCUT2D eigenvalue weighted by molar-refractivity contribution is -0.142. The molecule has 2 fully saturated rings. The van der Waals surface area contributed by atoms with Crippen LogP contribution in [-0.4, -0.2) is 77.3 Å². The summed E-state index contributed by atoms with van der Waals surface area (Å²) in [4.78, 5) is 43.1. The molecule has 2 aliphatic heterocycles. The Kier molecular flexibility index (Phi) is 7.23. The van der Waals surface area contributed by atoms with Gasteiger partial charge in [0.15, 0.2) is 0 Å². The first-order chi connectivity index (χ1) is 14.6. The van der Waals surface area contributed by atoms with Crippen LogP contribution in [0.5, 0.6) is 5.75 Å². The molecular weight excluding hydrogens is 394 g/mol. The maximum absolute atomic E-state index is 12.9.